The average Bonchev–Trinajstić information content (AvgIpc) is 2.97. The zero-order valence-electron chi connectivity index (χ0n) is 25.6. The first kappa shape index (κ1) is 34.7. The van der Waals surface area contributed by atoms with Gasteiger partial charge in [0.15, 0.2) is 0 Å². The predicted octanol–water partition coefficient (Wildman–Crippen LogP) is 4.92. The van der Waals surface area contributed by atoms with Crippen molar-refractivity contribution in [1.29, 1.82) is 0 Å². The molecule has 0 aliphatic carbocycles. The number of benzene rings is 1. The van der Waals surface area contributed by atoms with Gasteiger partial charge >= 0.3 is 18.2 Å². The summed E-state index contributed by atoms with van der Waals surface area (Å²) in [5.41, 5.74) is -0.966. The Kier molecular flexibility index (Phi) is 12.1. The topological polar surface area (TPSA) is 105 Å². The number of rotatable bonds is 9. The molecule has 9 nitrogen and oxygen atoms in total. The van der Waals surface area contributed by atoms with Crippen LogP contribution >= 0.6 is 0 Å². The summed E-state index contributed by atoms with van der Waals surface area (Å²) in [5, 5.41) is 2.68. The number of amides is 3. The van der Waals surface area contributed by atoms with Crippen molar-refractivity contribution in [2.75, 3.05) is 26.2 Å². The summed E-state index contributed by atoms with van der Waals surface area (Å²) in [6.45, 7) is 7.29. The summed E-state index contributed by atoms with van der Waals surface area (Å²) >= 11 is 0. The number of likely N-dealkylation sites (tertiary alicyclic amines) is 2. The molecule has 3 rings (SSSR count). The summed E-state index contributed by atoms with van der Waals surface area (Å²) in [6, 6.07) is 3.33. The second-order valence-electron chi connectivity index (χ2n) is 12.4. The van der Waals surface area contributed by atoms with E-state index in [2.05, 4.69) is 11.2 Å². The Balaban J connectivity index is 1.38. The molecule has 0 bridgehead atoms. The van der Waals surface area contributed by atoms with Crippen molar-refractivity contribution in [3.63, 3.8) is 0 Å². The minimum Gasteiger partial charge on any atom is -0.461 e. The van der Waals surface area contributed by atoms with E-state index in [-0.39, 0.29) is 37.5 Å². The van der Waals surface area contributed by atoms with Gasteiger partial charge in [-0.25, -0.2) is 4.79 Å². The van der Waals surface area contributed by atoms with Crippen LogP contribution in [0, 0.1) is 24.2 Å². The number of nitrogens with one attached hydrogen (secondary N) is 1. The molecule has 0 radical (unpaired) electrons. The maximum atomic E-state index is 13.0. The third-order valence-corrected chi connectivity index (χ3v) is 7.75. The first-order valence-corrected chi connectivity index (χ1v) is 15.0. The van der Waals surface area contributed by atoms with Crippen LogP contribution in [0.5, 0.6) is 0 Å². The second-order valence-corrected chi connectivity index (χ2v) is 12.4. The fourth-order valence-corrected chi connectivity index (χ4v) is 5.25. The van der Waals surface area contributed by atoms with Crippen LogP contribution in [-0.2, 0) is 36.6 Å². The van der Waals surface area contributed by atoms with Gasteiger partial charge in [-0.3, -0.25) is 14.4 Å². The zero-order chi connectivity index (χ0) is 32.5. The van der Waals surface area contributed by atoms with Crippen LogP contribution in [-0.4, -0.2) is 71.5 Å². The fraction of sp³-hybridized carbons (Fsp3) is 0.625. The highest BCUT2D eigenvalue weighted by Gasteiger charge is 2.32. The second kappa shape index (κ2) is 15.3. The van der Waals surface area contributed by atoms with Gasteiger partial charge in [-0.05, 0) is 76.5 Å². The number of hydrogen-bond donors (Lipinski definition) is 1. The average molecular weight is 622 g/mol. The van der Waals surface area contributed by atoms with Crippen LogP contribution in [0.3, 0.4) is 0 Å². The molecule has 0 saturated carbocycles. The third-order valence-electron chi connectivity index (χ3n) is 7.75. The maximum Gasteiger partial charge on any atom is 0.416 e. The van der Waals surface area contributed by atoms with Gasteiger partial charge in [-0.2, -0.15) is 13.2 Å². The van der Waals surface area contributed by atoms with E-state index in [1.165, 1.54) is 12.1 Å². The molecule has 2 atom stereocenters. The summed E-state index contributed by atoms with van der Waals surface area (Å²) in [6.07, 6.45) is 4.38. The molecule has 2 heterocycles. The minimum absolute atomic E-state index is 0.0163. The van der Waals surface area contributed by atoms with Crippen molar-refractivity contribution in [1.82, 2.24) is 15.1 Å². The van der Waals surface area contributed by atoms with Gasteiger partial charge in [-0.15, -0.1) is 6.42 Å². The molecule has 2 aliphatic heterocycles. The van der Waals surface area contributed by atoms with Crippen LogP contribution < -0.4 is 5.32 Å². The molecule has 1 aromatic rings. The normalized spacial score (nSPS) is 18.6. The van der Waals surface area contributed by atoms with Crippen molar-refractivity contribution < 1.29 is 41.8 Å². The lowest BCUT2D eigenvalue weighted by molar-refractivity contribution is -0.145. The quantitative estimate of drug-likeness (QED) is 0.310. The molecule has 0 spiro atoms. The van der Waals surface area contributed by atoms with Gasteiger partial charge in [-0.1, -0.05) is 18.1 Å². The zero-order valence-corrected chi connectivity index (χ0v) is 25.6. The van der Waals surface area contributed by atoms with Crippen LogP contribution in [0.2, 0.25) is 0 Å². The van der Waals surface area contributed by atoms with E-state index in [9.17, 15) is 32.3 Å². The lowest BCUT2D eigenvalue weighted by Crippen LogP contribution is -2.47. The summed E-state index contributed by atoms with van der Waals surface area (Å²) in [7, 11) is 0. The number of piperidine rings is 2. The van der Waals surface area contributed by atoms with E-state index in [0.29, 0.717) is 56.8 Å². The third kappa shape index (κ3) is 11.1. The maximum absolute atomic E-state index is 13.0. The number of esters is 1. The number of ether oxygens (including phenoxy) is 2. The van der Waals surface area contributed by atoms with Crippen LogP contribution in [0.15, 0.2) is 24.3 Å². The molecule has 2 saturated heterocycles. The highest BCUT2D eigenvalue weighted by Crippen LogP contribution is 2.29. The van der Waals surface area contributed by atoms with E-state index in [0.717, 1.165) is 25.0 Å². The number of terminal acetylenes is 1. The van der Waals surface area contributed by atoms with Gasteiger partial charge in [0.1, 0.15) is 18.2 Å². The Bertz CT molecular complexity index is 1200. The molecule has 2 aliphatic rings. The predicted molar refractivity (Wildman–Crippen MR) is 156 cm³/mol. The smallest absolute Gasteiger partial charge is 0.416 e. The van der Waals surface area contributed by atoms with Gasteiger partial charge in [0.2, 0.25) is 11.8 Å². The summed E-state index contributed by atoms with van der Waals surface area (Å²) in [5.74, 6) is 1.16. The van der Waals surface area contributed by atoms with Crippen LogP contribution in [0.1, 0.15) is 76.8 Å². The molecular weight excluding hydrogens is 579 g/mol. The van der Waals surface area contributed by atoms with Crippen molar-refractivity contribution in [2.45, 2.75) is 90.1 Å². The molecule has 3 amide bonds. The minimum atomic E-state index is -4.46. The van der Waals surface area contributed by atoms with Gasteiger partial charge in [0.25, 0.3) is 0 Å². The Morgan fingerprint density at radius 3 is 2.27 bits per heavy atom. The van der Waals surface area contributed by atoms with E-state index in [1.807, 2.05) is 20.8 Å². The number of hydrogen-bond acceptors (Lipinski definition) is 6. The van der Waals surface area contributed by atoms with Gasteiger partial charge in [0, 0.05) is 32.6 Å². The number of carbonyl (C=O) groups excluding carboxylic acids is 4. The lowest BCUT2D eigenvalue weighted by atomic mass is 9.91. The molecule has 1 aromatic carbocycles. The molecular formula is C32H42F3N3O6. The Hall–Kier alpha value is -3.75. The van der Waals surface area contributed by atoms with Gasteiger partial charge in [0.05, 0.1) is 17.9 Å². The monoisotopic (exact) mass is 621 g/mol. The number of nitrogens with zero attached hydrogens (tertiary/aromatic N) is 2. The highest BCUT2D eigenvalue weighted by molar-refractivity contribution is 5.82. The standard InChI is InChI=1S/C32H42F3N3O6/c1-5-26(19-28(40)43-21-23-8-11-25(12-9-23)32(33,34)35)36-29(41)24-7-6-16-38(20-24)27(39)13-10-22-14-17-37(18-15-22)30(42)44-31(2,3)4/h1,8-9,11-12,22,24,26H,6-7,10,13-21H2,2-4H3,(H,36,41)/t24-,26-/m1/s1. The summed E-state index contributed by atoms with van der Waals surface area (Å²) < 4.78 is 48.7. The Morgan fingerprint density at radius 1 is 1.02 bits per heavy atom. The number of halogens is 3. The molecule has 0 aromatic heterocycles. The number of alkyl halides is 3. The van der Waals surface area contributed by atoms with Crippen molar-refractivity contribution in [3.05, 3.63) is 35.4 Å². The summed E-state index contributed by atoms with van der Waals surface area (Å²) in [4.78, 5) is 53.9. The number of carbonyl (C=O) groups is 4. The van der Waals surface area contributed by atoms with Crippen LogP contribution in [0.4, 0.5) is 18.0 Å². The molecule has 12 heteroatoms. The van der Waals surface area contributed by atoms with E-state index in [1.54, 1.807) is 9.80 Å². The Morgan fingerprint density at radius 2 is 1.68 bits per heavy atom. The van der Waals surface area contributed by atoms with Gasteiger partial charge < -0.3 is 24.6 Å². The first-order chi connectivity index (χ1) is 20.6. The largest absolute Gasteiger partial charge is 0.461 e. The molecule has 0 unspecified atom stereocenters. The SMILES string of the molecule is C#C[C@H](CC(=O)OCc1ccc(C(F)(F)F)cc1)NC(=O)[C@@H]1CCCN(C(=O)CCC2CCN(C(=O)OC(C)(C)C)CC2)C1. The van der Waals surface area contributed by atoms with E-state index in [4.69, 9.17) is 15.9 Å². The molecule has 1 N–H and O–H groups in total. The van der Waals surface area contributed by atoms with Crippen LogP contribution in [0.25, 0.3) is 0 Å². The fourth-order valence-electron chi connectivity index (χ4n) is 5.25. The van der Waals surface area contributed by atoms with E-state index < -0.39 is 35.3 Å². The Labute approximate surface area is 256 Å². The first-order valence-electron chi connectivity index (χ1n) is 15.0. The molecule has 44 heavy (non-hydrogen) atoms. The van der Waals surface area contributed by atoms with Crippen molar-refractivity contribution in [3.8, 4) is 12.3 Å². The molecule has 242 valence electrons. The van der Waals surface area contributed by atoms with Crippen molar-refractivity contribution >= 4 is 23.9 Å². The highest BCUT2D eigenvalue weighted by atomic mass is 19.4. The molecule has 2 fully saturated rings. The van der Waals surface area contributed by atoms with E-state index >= 15 is 0 Å². The lowest BCUT2D eigenvalue weighted by Gasteiger charge is -2.34. The van der Waals surface area contributed by atoms with Crippen molar-refractivity contribution in [2.24, 2.45) is 11.8 Å².